The van der Waals surface area contributed by atoms with E-state index in [1.807, 2.05) is 0 Å². The Morgan fingerprint density at radius 3 is 1.55 bits per heavy atom. The highest BCUT2D eigenvalue weighted by Gasteiger charge is 2.21. The van der Waals surface area contributed by atoms with E-state index in [2.05, 4.69) is 31.9 Å². The van der Waals surface area contributed by atoms with Gasteiger partial charge in [0.2, 0.25) is 41.4 Å². The van der Waals surface area contributed by atoms with Crippen LogP contribution >= 0.6 is 0 Å². The molecule has 0 heterocycles. The summed E-state index contributed by atoms with van der Waals surface area (Å²) in [5.41, 5.74) is 16.4. The van der Waals surface area contributed by atoms with Crippen LogP contribution in [0.4, 0.5) is 0 Å². The van der Waals surface area contributed by atoms with Gasteiger partial charge in [-0.3, -0.25) is 43.7 Å². The quantitative estimate of drug-likeness (QED) is 0.0303. The van der Waals surface area contributed by atoms with Crippen molar-refractivity contribution in [2.75, 3.05) is 92.1 Å². The molecule has 0 spiro atoms. The summed E-state index contributed by atoms with van der Waals surface area (Å²) in [6.07, 6.45) is 6.43. The van der Waals surface area contributed by atoms with Gasteiger partial charge < -0.3 is 67.5 Å². The lowest BCUT2D eigenvalue weighted by Crippen LogP contribution is -2.47. The number of ether oxygens (including phenoxy) is 4. The molecule has 0 aliphatic rings. The number of ketones is 2. The minimum Gasteiger partial charge on any atom is -0.377 e. The van der Waals surface area contributed by atoms with Crippen molar-refractivity contribution < 1.29 is 62.1 Å². The molecule has 0 radical (unpaired) electrons. The molecular weight excluding hydrogens is 839 g/mol. The summed E-state index contributed by atoms with van der Waals surface area (Å²) in [6.45, 7) is 5.64. The number of rotatable bonds is 44. The highest BCUT2D eigenvalue weighted by molar-refractivity contribution is 5.88. The SMILES string of the molecule is CC(=O)CCC(CCCCNC(=O)C(CCCCN)NC(=O)CCCC(=O)NCCOCCOCC(=O)NCCOCCOCC(=O)NCCCCC(NCC(C)=O)C(N)=O)C(N)=O. The van der Waals surface area contributed by atoms with E-state index in [-0.39, 0.29) is 139 Å². The molecular formula is C42H77N9O13. The summed E-state index contributed by atoms with van der Waals surface area (Å²) >= 11 is 0. The normalized spacial score (nSPS) is 12.4. The van der Waals surface area contributed by atoms with Gasteiger partial charge >= 0.3 is 0 Å². The lowest BCUT2D eigenvalue weighted by atomic mass is 9.95. The zero-order valence-corrected chi connectivity index (χ0v) is 38.1. The first kappa shape index (κ1) is 59.4. The van der Waals surface area contributed by atoms with E-state index in [0.717, 1.165) is 0 Å². The Bertz CT molecular complexity index is 1390. The first-order valence-electron chi connectivity index (χ1n) is 22.3. The van der Waals surface area contributed by atoms with Crippen LogP contribution in [-0.4, -0.2) is 157 Å². The van der Waals surface area contributed by atoms with Gasteiger partial charge in [0.15, 0.2) is 0 Å². The minimum absolute atomic E-state index is 0.000318. The minimum atomic E-state index is -0.740. The summed E-state index contributed by atoms with van der Waals surface area (Å²) in [5.74, 6) is -2.97. The van der Waals surface area contributed by atoms with Crippen molar-refractivity contribution in [3.63, 3.8) is 0 Å². The average Bonchev–Trinajstić information content (AvgIpc) is 3.23. The molecule has 0 aromatic heterocycles. The van der Waals surface area contributed by atoms with Crippen molar-refractivity contribution in [1.82, 2.24) is 31.9 Å². The van der Waals surface area contributed by atoms with E-state index >= 15 is 0 Å². The first-order valence-corrected chi connectivity index (χ1v) is 22.3. The third-order valence-corrected chi connectivity index (χ3v) is 9.46. The Morgan fingerprint density at radius 2 is 0.984 bits per heavy atom. The van der Waals surface area contributed by atoms with Gasteiger partial charge in [-0.2, -0.15) is 0 Å². The van der Waals surface area contributed by atoms with Crippen LogP contribution in [0.1, 0.15) is 104 Å². The third kappa shape index (κ3) is 36.8. The molecule has 0 aliphatic heterocycles. The van der Waals surface area contributed by atoms with Gasteiger partial charge in [0.1, 0.15) is 30.8 Å². The Labute approximate surface area is 377 Å². The van der Waals surface area contributed by atoms with Gasteiger partial charge in [0, 0.05) is 51.4 Å². The highest BCUT2D eigenvalue weighted by atomic mass is 16.5. The molecule has 0 fully saturated rings. The molecule has 0 aromatic carbocycles. The largest absolute Gasteiger partial charge is 0.377 e. The van der Waals surface area contributed by atoms with E-state index in [1.54, 1.807) is 0 Å². The number of carbonyl (C=O) groups excluding carboxylic acids is 9. The van der Waals surface area contributed by atoms with E-state index in [0.29, 0.717) is 90.3 Å². The molecule has 0 bridgehead atoms. The molecule has 7 amide bonds. The number of unbranched alkanes of at least 4 members (excludes halogenated alkanes) is 3. The van der Waals surface area contributed by atoms with Gasteiger partial charge in [0.25, 0.3) is 0 Å². The van der Waals surface area contributed by atoms with Crippen LogP contribution < -0.4 is 49.1 Å². The predicted molar refractivity (Wildman–Crippen MR) is 236 cm³/mol. The molecule has 0 aliphatic carbocycles. The Morgan fingerprint density at radius 1 is 0.469 bits per heavy atom. The van der Waals surface area contributed by atoms with Crippen molar-refractivity contribution >= 4 is 52.9 Å². The molecule has 22 heteroatoms. The van der Waals surface area contributed by atoms with Crippen LogP contribution in [0, 0.1) is 5.92 Å². The fraction of sp³-hybridized carbons (Fsp3) is 0.786. The number of Topliss-reactive ketones (excluding diaryl/α,β-unsaturated/α-hetero) is 2. The summed E-state index contributed by atoms with van der Waals surface area (Å²) < 4.78 is 21.4. The van der Waals surface area contributed by atoms with Crippen molar-refractivity contribution in [3.05, 3.63) is 0 Å². The molecule has 64 heavy (non-hydrogen) atoms. The summed E-state index contributed by atoms with van der Waals surface area (Å²) in [6, 6.07) is -1.33. The topological polar surface area (TPSA) is 341 Å². The monoisotopic (exact) mass is 916 g/mol. The van der Waals surface area contributed by atoms with E-state index in [1.165, 1.54) is 13.8 Å². The second-order valence-corrected chi connectivity index (χ2v) is 15.3. The predicted octanol–water partition coefficient (Wildman–Crippen LogP) is -1.85. The molecule has 0 aromatic rings. The zero-order chi connectivity index (χ0) is 47.8. The lowest BCUT2D eigenvalue weighted by Gasteiger charge is -2.19. The van der Waals surface area contributed by atoms with Crippen molar-refractivity contribution in [2.24, 2.45) is 23.1 Å². The molecule has 3 atom stereocenters. The van der Waals surface area contributed by atoms with E-state index in [4.69, 9.17) is 36.1 Å². The van der Waals surface area contributed by atoms with Gasteiger partial charge in [0.05, 0.1) is 52.2 Å². The number of nitrogens with two attached hydrogens (primary N) is 3. The fourth-order valence-corrected chi connectivity index (χ4v) is 5.89. The van der Waals surface area contributed by atoms with Crippen LogP contribution in [-0.2, 0) is 62.1 Å². The second kappa shape index (κ2) is 39.9. The summed E-state index contributed by atoms with van der Waals surface area (Å²) in [7, 11) is 0. The molecule has 0 saturated heterocycles. The summed E-state index contributed by atoms with van der Waals surface area (Å²) in [4.78, 5) is 107. The Balaban J connectivity index is 3.92. The smallest absolute Gasteiger partial charge is 0.246 e. The van der Waals surface area contributed by atoms with Gasteiger partial charge in [-0.25, -0.2) is 0 Å². The van der Waals surface area contributed by atoms with Crippen LogP contribution in [0.5, 0.6) is 0 Å². The Kier molecular flexibility index (Phi) is 37.1. The van der Waals surface area contributed by atoms with Crippen molar-refractivity contribution in [1.29, 1.82) is 0 Å². The fourth-order valence-electron chi connectivity index (χ4n) is 5.89. The molecule has 0 saturated carbocycles. The molecule has 22 nitrogen and oxygen atoms in total. The van der Waals surface area contributed by atoms with E-state index in [9.17, 15) is 43.2 Å². The number of carbonyl (C=O) groups is 9. The van der Waals surface area contributed by atoms with E-state index < -0.39 is 23.9 Å². The zero-order valence-electron chi connectivity index (χ0n) is 38.1. The molecule has 368 valence electrons. The van der Waals surface area contributed by atoms with Crippen LogP contribution in [0.15, 0.2) is 0 Å². The standard InChI is InChI=1S/C42H77N9O13/c1-31(52)15-16-33(40(44)58)10-4-7-19-49-42(60)35(12-3-6-17-43)51-37(55)14-9-13-36(54)47-20-22-61-24-27-64-30-39(57)48-21-23-62-25-26-63-29-38(56)46-18-8-5-11-34(41(45)59)50-28-32(2)53/h33-35,50H,3-30,43H2,1-2H3,(H2,44,58)(H2,45,59)(H,46,56)(H,47,54)(H,48,57)(H,49,60)(H,51,55). The van der Waals surface area contributed by atoms with Crippen LogP contribution in [0.2, 0.25) is 0 Å². The number of nitrogens with one attached hydrogen (secondary N) is 6. The summed E-state index contributed by atoms with van der Waals surface area (Å²) in [5, 5.41) is 16.5. The lowest BCUT2D eigenvalue weighted by molar-refractivity contribution is -0.129. The number of amides is 7. The van der Waals surface area contributed by atoms with Crippen LogP contribution in [0.25, 0.3) is 0 Å². The van der Waals surface area contributed by atoms with Gasteiger partial charge in [-0.15, -0.1) is 0 Å². The van der Waals surface area contributed by atoms with Gasteiger partial charge in [-0.1, -0.05) is 6.42 Å². The molecule has 0 rings (SSSR count). The highest BCUT2D eigenvalue weighted by Crippen LogP contribution is 2.15. The maximum Gasteiger partial charge on any atom is 0.246 e. The van der Waals surface area contributed by atoms with Crippen molar-refractivity contribution in [2.45, 2.75) is 116 Å². The first-order chi connectivity index (χ1) is 30.7. The van der Waals surface area contributed by atoms with Crippen molar-refractivity contribution in [3.8, 4) is 0 Å². The Hall–Kier alpha value is -4.61. The second-order valence-electron chi connectivity index (χ2n) is 15.3. The van der Waals surface area contributed by atoms with Crippen LogP contribution in [0.3, 0.4) is 0 Å². The number of hydrogen-bond donors (Lipinski definition) is 9. The maximum absolute atomic E-state index is 12.9. The number of primary amides is 2. The molecule has 12 N–H and O–H groups in total. The number of hydrogen-bond acceptors (Lipinski definition) is 15. The average molecular weight is 916 g/mol. The van der Waals surface area contributed by atoms with Gasteiger partial charge in [-0.05, 0) is 84.6 Å². The molecule has 3 unspecified atom stereocenters. The maximum atomic E-state index is 12.9. The third-order valence-electron chi connectivity index (χ3n) is 9.46.